The third-order valence-corrected chi connectivity index (χ3v) is 5.71. The zero-order valence-corrected chi connectivity index (χ0v) is 16.4. The highest BCUT2D eigenvalue weighted by molar-refractivity contribution is 6.31. The Morgan fingerprint density at radius 3 is 2.54 bits per heavy atom. The lowest BCUT2D eigenvalue weighted by atomic mass is 9.85. The summed E-state index contributed by atoms with van der Waals surface area (Å²) >= 11 is 6.37. The van der Waals surface area contributed by atoms with Gasteiger partial charge in [0.05, 0.1) is 5.56 Å². The average molecular weight is 393 g/mol. The number of carbonyl (C=O) groups is 1. The molecule has 3 nitrogen and oxygen atoms in total. The first-order valence-electron chi connectivity index (χ1n) is 9.34. The zero-order chi connectivity index (χ0) is 19.7. The van der Waals surface area contributed by atoms with E-state index in [4.69, 9.17) is 16.3 Å². The van der Waals surface area contributed by atoms with Gasteiger partial charge in [-0.2, -0.15) is 0 Å². The summed E-state index contributed by atoms with van der Waals surface area (Å²) < 4.78 is 6.55. The van der Waals surface area contributed by atoms with E-state index in [9.17, 15) is 9.90 Å². The molecule has 142 valence electrons. The van der Waals surface area contributed by atoms with E-state index in [1.54, 1.807) is 12.1 Å². The summed E-state index contributed by atoms with van der Waals surface area (Å²) in [6, 6.07) is 20.8. The van der Waals surface area contributed by atoms with Crippen molar-refractivity contribution >= 4 is 17.6 Å². The molecule has 3 aromatic carbocycles. The number of aromatic carboxylic acids is 1. The Labute approximate surface area is 169 Å². The Hall–Kier alpha value is -2.78. The minimum atomic E-state index is -0.942. The number of rotatable bonds is 4. The lowest BCUT2D eigenvalue weighted by Gasteiger charge is -2.37. The minimum absolute atomic E-state index is 0.276. The van der Waals surface area contributed by atoms with Gasteiger partial charge < -0.3 is 9.84 Å². The van der Waals surface area contributed by atoms with Crippen LogP contribution in [0.4, 0.5) is 0 Å². The number of aryl methyl sites for hydroxylation is 1. The Morgan fingerprint density at radius 1 is 1.04 bits per heavy atom. The van der Waals surface area contributed by atoms with Crippen LogP contribution in [0.15, 0.2) is 66.7 Å². The summed E-state index contributed by atoms with van der Waals surface area (Å²) in [5.41, 5.74) is 3.52. The molecule has 0 bridgehead atoms. The minimum Gasteiger partial charge on any atom is -0.486 e. The molecule has 28 heavy (non-hydrogen) atoms. The number of halogens is 1. The van der Waals surface area contributed by atoms with E-state index in [0.29, 0.717) is 12.0 Å². The molecule has 0 amide bonds. The van der Waals surface area contributed by atoms with Crippen molar-refractivity contribution in [2.24, 2.45) is 0 Å². The Bertz CT molecular complexity index is 1040. The van der Waals surface area contributed by atoms with Crippen molar-refractivity contribution in [1.82, 2.24) is 0 Å². The van der Waals surface area contributed by atoms with Crippen molar-refractivity contribution in [3.63, 3.8) is 0 Å². The Kier molecular flexibility index (Phi) is 4.86. The van der Waals surface area contributed by atoms with Crippen LogP contribution in [0.1, 0.15) is 34.8 Å². The van der Waals surface area contributed by atoms with Crippen molar-refractivity contribution in [2.75, 3.05) is 0 Å². The van der Waals surface area contributed by atoms with Gasteiger partial charge in [-0.15, -0.1) is 0 Å². The zero-order valence-electron chi connectivity index (χ0n) is 15.6. The molecule has 1 heterocycles. The van der Waals surface area contributed by atoms with E-state index in [1.165, 1.54) is 0 Å². The molecule has 4 rings (SSSR count). The highest BCUT2D eigenvalue weighted by atomic mass is 35.5. The van der Waals surface area contributed by atoms with E-state index in [1.807, 2.05) is 48.5 Å². The summed E-state index contributed by atoms with van der Waals surface area (Å²) in [4.78, 5) is 11.7. The van der Waals surface area contributed by atoms with E-state index in [2.05, 4.69) is 13.0 Å². The summed E-state index contributed by atoms with van der Waals surface area (Å²) in [6.45, 7) is 2.10. The number of benzene rings is 3. The van der Waals surface area contributed by atoms with Crippen LogP contribution < -0.4 is 4.74 Å². The lowest BCUT2D eigenvalue weighted by Crippen LogP contribution is -2.38. The maximum Gasteiger partial charge on any atom is 0.336 e. The fourth-order valence-corrected chi connectivity index (χ4v) is 4.09. The second kappa shape index (κ2) is 7.33. The number of para-hydroxylation sites is 1. The van der Waals surface area contributed by atoms with Crippen LogP contribution in [0.2, 0.25) is 5.02 Å². The maximum atomic E-state index is 11.7. The monoisotopic (exact) mass is 392 g/mol. The highest BCUT2D eigenvalue weighted by Crippen LogP contribution is 2.43. The molecule has 0 fully saturated rings. The molecular weight excluding hydrogens is 372 g/mol. The normalized spacial score (nSPS) is 18.2. The van der Waals surface area contributed by atoms with Crippen molar-refractivity contribution in [3.05, 3.63) is 88.4 Å². The van der Waals surface area contributed by atoms with Gasteiger partial charge >= 0.3 is 5.97 Å². The van der Waals surface area contributed by atoms with Crippen LogP contribution in [-0.4, -0.2) is 16.7 Å². The van der Waals surface area contributed by atoms with Crippen LogP contribution in [0.25, 0.3) is 11.1 Å². The summed E-state index contributed by atoms with van der Waals surface area (Å²) in [5.74, 6) is -0.167. The van der Waals surface area contributed by atoms with Gasteiger partial charge in [-0.25, -0.2) is 4.79 Å². The smallest absolute Gasteiger partial charge is 0.336 e. The number of carboxylic acids is 1. The SMILES string of the molecule is CC1(Cc2ccccc2Cl)CCc2cccc(-c3ccccc3C(=O)O)c2O1. The van der Waals surface area contributed by atoms with Crippen molar-refractivity contribution in [1.29, 1.82) is 0 Å². The van der Waals surface area contributed by atoms with Crippen LogP contribution in [-0.2, 0) is 12.8 Å². The average Bonchev–Trinajstić information content (AvgIpc) is 2.69. The summed E-state index contributed by atoms with van der Waals surface area (Å²) in [6.07, 6.45) is 2.44. The maximum absolute atomic E-state index is 11.7. The van der Waals surface area contributed by atoms with E-state index < -0.39 is 11.6 Å². The number of ether oxygens (including phenoxy) is 1. The van der Waals surface area contributed by atoms with Gasteiger partial charge in [-0.05, 0) is 48.6 Å². The molecule has 0 saturated heterocycles. The number of hydrogen-bond donors (Lipinski definition) is 1. The second-order valence-electron chi connectivity index (χ2n) is 7.46. The van der Waals surface area contributed by atoms with Gasteiger partial charge in [0, 0.05) is 17.0 Å². The molecule has 0 aliphatic carbocycles. The fourth-order valence-electron chi connectivity index (χ4n) is 3.88. The lowest BCUT2D eigenvalue weighted by molar-refractivity contribution is 0.0662. The molecule has 4 heteroatoms. The standard InChI is InChI=1S/C24H21ClO3/c1-24(15-17-7-2-5-12-21(17)25)14-13-16-8-6-11-19(22(16)28-24)18-9-3-4-10-20(18)23(26)27/h2-12H,13-15H2,1H3,(H,26,27). The first-order valence-corrected chi connectivity index (χ1v) is 9.72. The fraction of sp³-hybridized carbons (Fsp3) is 0.208. The van der Waals surface area contributed by atoms with Gasteiger partial charge in [0.15, 0.2) is 0 Å². The molecule has 1 N–H and O–H groups in total. The molecular formula is C24H21ClO3. The number of hydrogen-bond acceptors (Lipinski definition) is 2. The van der Waals surface area contributed by atoms with Crippen LogP contribution in [0.5, 0.6) is 5.75 Å². The molecule has 0 saturated carbocycles. The predicted molar refractivity (Wildman–Crippen MR) is 111 cm³/mol. The first-order chi connectivity index (χ1) is 13.5. The number of carboxylic acid groups (broad SMARTS) is 1. The molecule has 3 aromatic rings. The van der Waals surface area contributed by atoms with E-state index >= 15 is 0 Å². The molecule has 1 unspecified atom stereocenters. The summed E-state index contributed by atoms with van der Waals surface area (Å²) in [5, 5.41) is 10.3. The Balaban J connectivity index is 1.75. The third-order valence-electron chi connectivity index (χ3n) is 5.34. The van der Waals surface area contributed by atoms with Crippen LogP contribution >= 0.6 is 11.6 Å². The largest absolute Gasteiger partial charge is 0.486 e. The first kappa shape index (κ1) is 18.6. The van der Waals surface area contributed by atoms with Gasteiger partial charge in [0.25, 0.3) is 0 Å². The molecule has 1 atom stereocenters. The quantitative estimate of drug-likeness (QED) is 0.589. The molecule has 1 aliphatic rings. The van der Waals surface area contributed by atoms with Gasteiger partial charge in [0.1, 0.15) is 11.4 Å². The second-order valence-corrected chi connectivity index (χ2v) is 7.87. The van der Waals surface area contributed by atoms with Crippen molar-refractivity contribution < 1.29 is 14.6 Å². The summed E-state index contributed by atoms with van der Waals surface area (Å²) in [7, 11) is 0. The van der Waals surface area contributed by atoms with Crippen molar-refractivity contribution in [2.45, 2.75) is 31.8 Å². The van der Waals surface area contributed by atoms with E-state index in [-0.39, 0.29) is 5.56 Å². The highest BCUT2D eigenvalue weighted by Gasteiger charge is 2.34. The van der Waals surface area contributed by atoms with Crippen LogP contribution in [0, 0.1) is 0 Å². The number of fused-ring (bicyclic) bond motifs is 1. The van der Waals surface area contributed by atoms with E-state index in [0.717, 1.165) is 40.3 Å². The van der Waals surface area contributed by atoms with Crippen molar-refractivity contribution in [3.8, 4) is 16.9 Å². The Morgan fingerprint density at radius 2 is 1.75 bits per heavy atom. The van der Waals surface area contributed by atoms with Gasteiger partial charge in [0.2, 0.25) is 0 Å². The topological polar surface area (TPSA) is 46.5 Å². The van der Waals surface area contributed by atoms with Crippen LogP contribution in [0.3, 0.4) is 0 Å². The molecule has 0 radical (unpaired) electrons. The molecule has 1 aliphatic heterocycles. The van der Waals surface area contributed by atoms with Gasteiger partial charge in [-0.3, -0.25) is 0 Å². The predicted octanol–water partition coefficient (Wildman–Crippen LogP) is 6.03. The third kappa shape index (κ3) is 3.50. The molecule has 0 aromatic heterocycles. The molecule has 0 spiro atoms. The van der Waals surface area contributed by atoms with Gasteiger partial charge in [-0.1, -0.05) is 66.2 Å².